The first-order chi connectivity index (χ1) is 8.82. The molecule has 0 aromatic rings. The Morgan fingerprint density at radius 3 is 1.84 bits per heavy atom. The summed E-state index contributed by atoms with van der Waals surface area (Å²) in [7, 11) is 0. The molecular weight excluding hydrogens is 246 g/mol. The molecule has 0 saturated heterocycles. The number of carboxylic acid groups (broad SMARTS) is 1. The lowest BCUT2D eigenvalue weighted by Gasteiger charge is -2.24. The van der Waals surface area contributed by atoms with Gasteiger partial charge in [-0.15, -0.1) is 0 Å². The Hall–Kier alpha value is -1.10. The van der Waals surface area contributed by atoms with Crippen molar-refractivity contribution < 1.29 is 19.4 Å². The molecule has 0 aliphatic rings. The zero-order chi connectivity index (χ0) is 14.8. The van der Waals surface area contributed by atoms with Crippen LogP contribution < -0.4 is 0 Å². The van der Waals surface area contributed by atoms with E-state index in [0.717, 1.165) is 12.8 Å². The standard InChI is InChI=1S/C14H27NO4/c1-11(2)5-7-15(8-6-12(3)4)13(16)9-19-10-14(17)18/h11-12H,5-10H2,1-4H3,(H,17,18). The van der Waals surface area contributed by atoms with Crippen LogP contribution >= 0.6 is 0 Å². The molecule has 0 radical (unpaired) electrons. The van der Waals surface area contributed by atoms with E-state index in [0.29, 0.717) is 24.9 Å². The number of rotatable bonds is 10. The monoisotopic (exact) mass is 273 g/mol. The zero-order valence-corrected chi connectivity index (χ0v) is 12.5. The van der Waals surface area contributed by atoms with Gasteiger partial charge in [0.1, 0.15) is 13.2 Å². The van der Waals surface area contributed by atoms with Gasteiger partial charge in [-0.1, -0.05) is 27.7 Å². The highest BCUT2D eigenvalue weighted by atomic mass is 16.5. The zero-order valence-electron chi connectivity index (χ0n) is 12.5. The first kappa shape index (κ1) is 17.9. The molecule has 0 rings (SSSR count). The van der Waals surface area contributed by atoms with Gasteiger partial charge >= 0.3 is 5.97 Å². The third-order valence-corrected chi connectivity index (χ3v) is 2.76. The minimum Gasteiger partial charge on any atom is -0.480 e. The SMILES string of the molecule is CC(C)CCN(CCC(C)C)C(=O)COCC(=O)O. The van der Waals surface area contributed by atoms with Crippen molar-refractivity contribution in [3.63, 3.8) is 0 Å². The molecule has 0 aliphatic carbocycles. The summed E-state index contributed by atoms with van der Waals surface area (Å²) < 4.78 is 4.86. The minimum absolute atomic E-state index is 0.123. The van der Waals surface area contributed by atoms with Crippen molar-refractivity contribution in [1.82, 2.24) is 4.90 Å². The van der Waals surface area contributed by atoms with E-state index in [-0.39, 0.29) is 12.5 Å². The highest BCUT2D eigenvalue weighted by Crippen LogP contribution is 2.07. The molecule has 0 aromatic carbocycles. The van der Waals surface area contributed by atoms with Crippen LogP contribution in [0.25, 0.3) is 0 Å². The average molecular weight is 273 g/mol. The molecule has 0 aromatic heterocycles. The summed E-state index contributed by atoms with van der Waals surface area (Å²) in [4.78, 5) is 24.1. The maximum absolute atomic E-state index is 12.0. The normalized spacial score (nSPS) is 11.1. The van der Waals surface area contributed by atoms with Crippen molar-refractivity contribution in [2.45, 2.75) is 40.5 Å². The average Bonchev–Trinajstić information content (AvgIpc) is 2.27. The van der Waals surface area contributed by atoms with Gasteiger partial charge < -0.3 is 14.7 Å². The molecule has 0 aliphatic heterocycles. The predicted octanol–water partition coefficient (Wildman–Crippen LogP) is 2.01. The molecule has 1 N–H and O–H groups in total. The van der Waals surface area contributed by atoms with E-state index in [1.807, 2.05) is 0 Å². The molecule has 0 saturated carbocycles. The Morgan fingerprint density at radius 1 is 1.00 bits per heavy atom. The molecule has 5 heteroatoms. The van der Waals surface area contributed by atoms with Crippen molar-refractivity contribution in [1.29, 1.82) is 0 Å². The Morgan fingerprint density at radius 2 is 1.47 bits per heavy atom. The number of amides is 1. The topological polar surface area (TPSA) is 66.8 Å². The lowest BCUT2D eigenvalue weighted by Crippen LogP contribution is -2.37. The van der Waals surface area contributed by atoms with Crippen molar-refractivity contribution in [3.05, 3.63) is 0 Å². The summed E-state index contributed by atoms with van der Waals surface area (Å²) in [6.07, 6.45) is 1.89. The summed E-state index contributed by atoms with van der Waals surface area (Å²) in [6, 6.07) is 0. The molecule has 0 fully saturated rings. The van der Waals surface area contributed by atoms with E-state index < -0.39 is 12.6 Å². The van der Waals surface area contributed by atoms with Crippen molar-refractivity contribution in [2.75, 3.05) is 26.3 Å². The molecule has 1 amide bonds. The van der Waals surface area contributed by atoms with Crippen LogP contribution in [0.5, 0.6) is 0 Å². The first-order valence-electron chi connectivity index (χ1n) is 6.90. The second-order valence-corrected chi connectivity index (χ2v) is 5.63. The molecule has 0 unspecified atom stereocenters. The molecule has 0 bridgehead atoms. The summed E-state index contributed by atoms with van der Waals surface area (Å²) in [5, 5.41) is 8.47. The van der Waals surface area contributed by atoms with Gasteiger partial charge in [0.05, 0.1) is 0 Å². The fourth-order valence-electron chi connectivity index (χ4n) is 1.51. The summed E-state index contributed by atoms with van der Waals surface area (Å²) in [5.74, 6) is -0.102. The number of hydrogen-bond acceptors (Lipinski definition) is 3. The number of ether oxygens (including phenoxy) is 1. The third kappa shape index (κ3) is 10.5. The van der Waals surface area contributed by atoms with Gasteiger partial charge in [-0.25, -0.2) is 4.79 Å². The van der Waals surface area contributed by atoms with E-state index in [1.165, 1.54) is 0 Å². The van der Waals surface area contributed by atoms with Gasteiger partial charge in [-0.05, 0) is 24.7 Å². The van der Waals surface area contributed by atoms with Crippen LogP contribution in [0.4, 0.5) is 0 Å². The van der Waals surface area contributed by atoms with E-state index in [2.05, 4.69) is 27.7 Å². The molecular formula is C14H27NO4. The highest BCUT2D eigenvalue weighted by molar-refractivity contribution is 5.78. The van der Waals surface area contributed by atoms with Crippen LogP contribution in [0.3, 0.4) is 0 Å². The number of carbonyl (C=O) groups excluding carboxylic acids is 1. The van der Waals surface area contributed by atoms with Crippen molar-refractivity contribution in [3.8, 4) is 0 Å². The second kappa shape index (κ2) is 9.78. The van der Waals surface area contributed by atoms with Gasteiger partial charge in [-0.2, -0.15) is 0 Å². The van der Waals surface area contributed by atoms with Gasteiger partial charge in [0.25, 0.3) is 0 Å². The van der Waals surface area contributed by atoms with Crippen LogP contribution in [-0.2, 0) is 14.3 Å². The Balaban J connectivity index is 4.19. The van der Waals surface area contributed by atoms with Crippen molar-refractivity contribution >= 4 is 11.9 Å². The van der Waals surface area contributed by atoms with E-state index in [9.17, 15) is 9.59 Å². The number of aliphatic carboxylic acids is 1. The Labute approximate surface area is 115 Å². The van der Waals surface area contributed by atoms with Gasteiger partial charge in [0.2, 0.25) is 5.91 Å². The van der Waals surface area contributed by atoms with E-state index >= 15 is 0 Å². The maximum Gasteiger partial charge on any atom is 0.329 e. The minimum atomic E-state index is -1.05. The van der Waals surface area contributed by atoms with E-state index in [4.69, 9.17) is 9.84 Å². The summed E-state index contributed by atoms with van der Waals surface area (Å²) in [6.45, 7) is 9.31. The number of nitrogens with zero attached hydrogens (tertiary/aromatic N) is 1. The number of carboxylic acids is 1. The largest absolute Gasteiger partial charge is 0.480 e. The summed E-state index contributed by atoms with van der Waals surface area (Å²) >= 11 is 0. The second-order valence-electron chi connectivity index (χ2n) is 5.63. The fourth-order valence-corrected chi connectivity index (χ4v) is 1.51. The maximum atomic E-state index is 12.0. The number of carbonyl (C=O) groups is 2. The third-order valence-electron chi connectivity index (χ3n) is 2.76. The van der Waals surface area contributed by atoms with Gasteiger partial charge in [0.15, 0.2) is 0 Å². The molecule has 5 nitrogen and oxygen atoms in total. The summed E-state index contributed by atoms with van der Waals surface area (Å²) in [5.41, 5.74) is 0. The van der Waals surface area contributed by atoms with Crippen LogP contribution in [0.15, 0.2) is 0 Å². The molecule has 19 heavy (non-hydrogen) atoms. The fraction of sp³-hybridized carbons (Fsp3) is 0.857. The molecule has 0 heterocycles. The lowest BCUT2D eigenvalue weighted by atomic mass is 10.1. The predicted molar refractivity (Wildman–Crippen MR) is 73.9 cm³/mol. The van der Waals surface area contributed by atoms with Crippen molar-refractivity contribution in [2.24, 2.45) is 11.8 Å². The quantitative estimate of drug-likeness (QED) is 0.661. The Bertz CT molecular complexity index is 265. The highest BCUT2D eigenvalue weighted by Gasteiger charge is 2.15. The first-order valence-corrected chi connectivity index (χ1v) is 6.90. The van der Waals surface area contributed by atoms with Crippen LogP contribution in [0.1, 0.15) is 40.5 Å². The van der Waals surface area contributed by atoms with Crippen LogP contribution in [-0.4, -0.2) is 48.2 Å². The molecule has 0 atom stereocenters. The Kier molecular flexibility index (Phi) is 9.21. The number of hydrogen-bond donors (Lipinski definition) is 1. The van der Waals surface area contributed by atoms with Gasteiger partial charge in [-0.3, -0.25) is 4.79 Å². The van der Waals surface area contributed by atoms with E-state index in [1.54, 1.807) is 4.90 Å². The lowest BCUT2D eigenvalue weighted by molar-refractivity contribution is -0.145. The molecule has 112 valence electrons. The smallest absolute Gasteiger partial charge is 0.329 e. The van der Waals surface area contributed by atoms with Gasteiger partial charge in [0, 0.05) is 13.1 Å². The van der Waals surface area contributed by atoms with Crippen LogP contribution in [0, 0.1) is 11.8 Å². The molecule has 0 spiro atoms. The van der Waals surface area contributed by atoms with Crippen LogP contribution in [0.2, 0.25) is 0 Å².